The van der Waals surface area contributed by atoms with E-state index in [1.165, 1.54) is 4.90 Å². The van der Waals surface area contributed by atoms with Gasteiger partial charge in [0.25, 0.3) is 0 Å². The van der Waals surface area contributed by atoms with Crippen molar-refractivity contribution >= 4 is 11.8 Å². The second-order valence-electron chi connectivity index (χ2n) is 4.80. The first-order valence-corrected chi connectivity index (χ1v) is 6.80. The van der Waals surface area contributed by atoms with Crippen molar-refractivity contribution in [2.45, 2.75) is 25.7 Å². The van der Waals surface area contributed by atoms with Gasteiger partial charge in [-0.05, 0) is 18.6 Å². The number of carbonyl (C=O) groups is 2. The van der Waals surface area contributed by atoms with Crippen LogP contribution in [-0.4, -0.2) is 38.4 Å². The van der Waals surface area contributed by atoms with Crippen LogP contribution in [0.3, 0.4) is 0 Å². The highest BCUT2D eigenvalue weighted by molar-refractivity contribution is 6.01. The van der Waals surface area contributed by atoms with Gasteiger partial charge in [-0.25, -0.2) is 0 Å². The van der Waals surface area contributed by atoms with Crippen molar-refractivity contribution in [2.24, 2.45) is 0 Å². The lowest BCUT2D eigenvalue weighted by Gasteiger charge is -2.12. The van der Waals surface area contributed by atoms with Gasteiger partial charge >= 0.3 is 0 Å². The molecular formula is C14H14N4O3. The van der Waals surface area contributed by atoms with Gasteiger partial charge in [-0.2, -0.15) is 4.98 Å². The molecule has 21 heavy (non-hydrogen) atoms. The molecule has 2 amide bonds. The molecule has 1 fully saturated rings. The highest BCUT2D eigenvalue weighted by Gasteiger charge is 2.28. The van der Waals surface area contributed by atoms with Gasteiger partial charge in [-0.3, -0.25) is 19.5 Å². The molecule has 2 aromatic heterocycles. The molecule has 0 radical (unpaired) electrons. The molecule has 1 saturated heterocycles. The van der Waals surface area contributed by atoms with Crippen molar-refractivity contribution in [2.75, 3.05) is 6.54 Å². The van der Waals surface area contributed by atoms with Gasteiger partial charge in [0, 0.05) is 43.8 Å². The largest absolute Gasteiger partial charge is 0.339 e. The average Bonchev–Trinajstić information content (AvgIpc) is 3.10. The predicted molar refractivity (Wildman–Crippen MR) is 71.8 cm³/mol. The smallest absolute Gasteiger partial charge is 0.229 e. The lowest BCUT2D eigenvalue weighted by molar-refractivity contribution is -0.138. The molecule has 3 heterocycles. The zero-order chi connectivity index (χ0) is 14.7. The Labute approximate surface area is 121 Å². The maximum Gasteiger partial charge on any atom is 0.229 e. The topological polar surface area (TPSA) is 89.2 Å². The third-order valence-corrected chi connectivity index (χ3v) is 3.32. The number of aryl methyl sites for hydroxylation is 1. The molecule has 0 atom stereocenters. The van der Waals surface area contributed by atoms with Gasteiger partial charge in [0.15, 0.2) is 0 Å². The molecule has 108 valence electrons. The Bertz CT molecular complexity index is 637. The van der Waals surface area contributed by atoms with Crippen LogP contribution in [0.15, 0.2) is 29.0 Å². The van der Waals surface area contributed by atoms with Crippen molar-refractivity contribution in [1.29, 1.82) is 0 Å². The van der Waals surface area contributed by atoms with E-state index in [1.54, 1.807) is 18.5 Å². The van der Waals surface area contributed by atoms with E-state index >= 15 is 0 Å². The fraction of sp³-hybridized carbons (Fsp3) is 0.357. The van der Waals surface area contributed by atoms with E-state index in [9.17, 15) is 9.59 Å². The normalized spacial score (nSPS) is 15.0. The molecule has 3 rings (SSSR count). The van der Waals surface area contributed by atoms with Crippen molar-refractivity contribution in [3.63, 3.8) is 0 Å². The van der Waals surface area contributed by atoms with Crippen LogP contribution in [0, 0.1) is 0 Å². The molecule has 0 bridgehead atoms. The van der Waals surface area contributed by atoms with Crippen LogP contribution < -0.4 is 0 Å². The van der Waals surface area contributed by atoms with Crippen molar-refractivity contribution < 1.29 is 14.1 Å². The van der Waals surface area contributed by atoms with Crippen LogP contribution in [0.4, 0.5) is 0 Å². The number of amides is 2. The lowest BCUT2D eigenvalue weighted by atomic mass is 10.2. The van der Waals surface area contributed by atoms with E-state index < -0.39 is 0 Å². The van der Waals surface area contributed by atoms with E-state index in [2.05, 4.69) is 15.1 Å². The predicted octanol–water partition coefficient (Wildman–Crippen LogP) is 1.21. The minimum atomic E-state index is -0.0958. The Balaban J connectivity index is 1.56. The van der Waals surface area contributed by atoms with Crippen LogP contribution >= 0.6 is 0 Å². The molecule has 7 nitrogen and oxygen atoms in total. The minimum absolute atomic E-state index is 0.0958. The van der Waals surface area contributed by atoms with Crippen molar-refractivity contribution in [3.8, 4) is 11.4 Å². The van der Waals surface area contributed by atoms with Gasteiger partial charge < -0.3 is 4.52 Å². The van der Waals surface area contributed by atoms with E-state index in [0.717, 1.165) is 5.56 Å². The van der Waals surface area contributed by atoms with Crippen LogP contribution in [0.2, 0.25) is 0 Å². The molecule has 0 aromatic carbocycles. The number of nitrogens with zero attached hydrogens (tertiary/aromatic N) is 4. The van der Waals surface area contributed by atoms with E-state index in [-0.39, 0.29) is 11.8 Å². The number of carbonyl (C=O) groups excluding carboxylic acids is 2. The van der Waals surface area contributed by atoms with Crippen LogP contribution in [0.25, 0.3) is 11.4 Å². The quantitative estimate of drug-likeness (QED) is 0.768. The highest BCUT2D eigenvalue weighted by Crippen LogP contribution is 2.16. The number of hydrogen-bond donors (Lipinski definition) is 0. The minimum Gasteiger partial charge on any atom is -0.339 e. The number of imide groups is 1. The van der Waals surface area contributed by atoms with E-state index in [4.69, 9.17) is 4.52 Å². The molecule has 1 aliphatic heterocycles. The lowest BCUT2D eigenvalue weighted by Crippen LogP contribution is -2.30. The summed E-state index contributed by atoms with van der Waals surface area (Å²) in [6.07, 6.45) is 5.14. The summed E-state index contributed by atoms with van der Waals surface area (Å²) in [6.45, 7) is 0.405. The molecule has 0 N–H and O–H groups in total. The summed E-state index contributed by atoms with van der Waals surface area (Å²) in [4.78, 5) is 32.5. The summed E-state index contributed by atoms with van der Waals surface area (Å²) >= 11 is 0. The second-order valence-corrected chi connectivity index (χ2v) is 4.80. The number of pyridine rings is 1. The Hall–Kier alpha value is -2.57. The molecular weight excluding hydrogens is 272 g/mol. The number of hydrogen-bond acceptors (Lipinski definition) is 6. The molecule has 0 aliphatic carbocycles. The Kier molecular flexibility index (Phi) is 3.72. The molecule has 0 saturated carbocycles. The van der Waals surface area contributed by atoms with E-state index in [0.29, 0.717) is 43.9 Å². The summed E-state index contributed by atoms with van der Waals surface area (Å²) in [5.41, 5.74) is 0.789. The summed E-state index contributed by atoms with van der Waals surface area (Å²) in [7, 11) is 0. The van der Waals surface area contributed by atoms with Crippen molar-refractivity contribution in [1.82, 2.24) is 20.0 Å². The summed E-state index contributed by atoms with van der Waals surface area (Å²) in [5, 5.41) is 3.89. The summed E-state index contributed by atoms with van der Waals surface area (Å²) in [5.74, 6) is 0.794. The van der Waals surface area contributed by atoms with Gasteiger partial charge in [0.2, 0.25) is 23.5 Å². The Morgan fingerprint density at radius 3 is 2.76 bits per heavy atom. The first-order valence-electron chi connectivity index (χ1n) is 6.80. The number of aromatic nitrogens is 3. The van der Waals surface area contributed by atoms with Gasteiger partial charge in [-0.1, -0.05) is 5.16 Å². The first-order chi connectivity index (χ1) is 10.2. The maximum atomic E-state index is 11.5. The van der Waals surface area contributed by atoms with Crippen LogP contribution in [0.5, 0.6) is 0 Å². The third-order valence-electron chi connectivity index (χ3n) is 3.32. The van der Waals surface area contributed by atoms with Crippen molar-refractivity contribution in [3.05, 3.63) is 30.4 Å². The van der Waals surface area contributed by atoms with E-state index in [1.807, 2.05) is 6.07 Å². The first kappa shape index (κ1) is 13.4. The molecule has 7 heteroatoms. The average molecular weight is 286 g/mol. The number of likely N-dealkylation sites (tertiary alicyclic amines) is 1. The zero-order valence-electron chi connectivity index (χ0n) is 11.4. The molecule has 2 aromatic rings. The number of rotatable bonds is 5. The standard InChI is InChI=1S/C14H14N4O3/c19-12-5-6-13(20)18(12)8-2-4-11-16-14(17-21-11)10-3-1-7-15-9-10/h1,3,7,9H,2,4-6,8H2. The van der Waals surface area contributed by atoms with Gasteiger partial charge in [0.05, 0.1) is 0 Å². The van der Waals surface area contributed by atoms with Crippen LogP contribution in [-0.2, 0) is 16.0 Å². The Morgan fingerprint density at radius 2 is 2.05 bits per heavy atom. The zero-order valence-corrected chi connectivity index (χ0v) is 11.4. The fourth-order valence-electron chi connectivity index (χ4n) is 2.23. The van der Waals surface area contributed by atoms with Crippen LogP contribution in [0.1, 0.15) is 25.2 Å². The summed E-state index contributed by atoms with van der Waals surface area (Å²) in [6, 6.07) is 3.65. The fourth-order valence-corrected chi connectivity index (χ4v) is 2.23. The molecule has 1 aliphatic rings. The monoisotopic (exact) mass is 286 g/mol. The van der Waals surface area contributed by atoms with Gasteiger partial charge in [0.1, 0.15) is 0 Å². The third kappa shape index (κ3) is 2.96. The highest BCUT2D eigenvalue weighted by atomic mass is 16.5. The maximum absolute atomic E-state index is 11.5. The SMILES string of the molecule is O=C1CCC(=O)N1CCCc1nc(-c2cccnc2)no1. The second kappa shape index (κ2) is 5.82. The van der Waals surface area contributed by atoms with Gasteiger partial charge in [-0.15, -0.1) is 0 Å². The molecule has 0 spiro atoms. The summed E-state index contributed by atoms with van der Waals surface area (Å²) < 4.78 is 5.16. The molecule has 0 unspecified atom stereocenters. The Morgan fingerprint density at radius 1 is 1.24 bits per heavy atom.